The summed E-state index contributed by atoms with van der Waals surface area (Å²) in [6.45, 7) is 0. The maximum absolute atomic E-state index is 12.1. The molecule has 0 saturated carbocycles. The zero-order valence-corrected chi connectivity index (χ0v) is 9.55. The summed E-state index contributed by atoms with van der Waals surface area (Å²) in [5.74, 6) is -0.294. The standard InChI is InChI=1S/C6H4ClF.C5H6BNO2/c7-5-2-1-3-6(8)4-5;8-6(9)5-3-1-2-4-7-5/h1-4H;1-4,8-9H. The van der Waals surface area contributed by atoms with E-state index in [-0.39, 0.29) is 11.4 Å². The molecule has 0 radical (unpaired) electrons. The van der Waals surface area contributed by atoms with Crippen LogP contribution in [-0.4, -0.2) is 22.2 Å². The van der Waals surface area contributed by atoms with Crippen molar-refractivity contribution in [3.8, 4) is 0 Å². The van der Waals surface area contributed by atoms with Gasteiger partial charge in [-0.15, -0.1) is 0 Å². The SMILES string of the molecule is Fc1cccc(Cl)c1.OB(O)c1ccccn1. The van der Waals surface area contributed by atoms with E-state index in [4.69, 9.17) is 21.6 Å². The average molecular weight is 253 g/mol. The molecule has 0 saturated heterocycles. The molecule has 0 spiro atoms. The number of halogens is 2. The largest absolute Gasteiger partial charge is 0.508 e. The molecule has 0 unspecified atom stereocenters. The molecule has 2 aromatic rings. The predicted molar refractivity (Wildman–Crippen MR) is 65.5 cm³/mol. The van der Waals surface area contributed by atoms with E-state index in [0.29, 0.717) is 5.02 Å². The molecule has 0 aliphatic rings. The lowest BCUT2D eigenvalue weighted by atomic mass is 9.86. The van der Waals surface area contributed by atoms with Crippen LogP contribution in [0.25, 0.3) is 0 Å². The third kappa shape index (κ3) is 5.44. The van der Waals surface area contributed by atoms with Crippen LogP contribution >= 0.6 is 11.6 Å². The van der Waals surface area contributed by atoms with Gasteiger partial charge < -0.3 is 10.0 Å². The van der Waals surface area contributed by atoms with Crippen LogP contribution in [0.1, 0.15) is 0 Å². The average Bonchev–Trinajstić information content (AvgIpc) is 2.30. The van der Waals surface area contributed by atoms with Gasteiger partial charge in [0.15, 0.2) is 0 Å². The molecule has 0 atom stereocenters. The van der Waals surface area contributed by atoms with Gasteiger partial charge in [-0.25, -0.2) is 4.39 Å². The van der Waals surface area contributed by atoms with Crippen molar-refractivity contribution in [3.63, 3.8) is 0 Å². The Kier molecular flexibility index (Phi) is 5.62. The minimum absolute atomic E-state index is 0.275. The van der Waals surface area contributed by atoms with Gasteiger partial charge in [-0.05, 0) is 30.3 Å². The Balaban J connectivity index is 0.000000171. The molecular weight excluding hydrogens is 243 g/mol. The second kappa shape index (κ2) is 7.01. The van der Waals surface area contributed by atoms with Gasteiger partial charge in [0.25, 0.3) is 0 Å². The normalized spacial score (nSPS) is 9.18. The number of rotatable bonds is 1. The minimum Gasteiger partial charge on any atom is -0.422 e. The lowest BCUT2D eigenvalue weighted by Gasteiger charge is -1.93. The van der Waals surface area contributed by atoms with Crippen LogP contribution in [0.5, 0.6) is 0 Å². The molecule has 6 heteroatoms. The molecular formula is C11H10BClFNO2. The molecule has 2 rings (SSSR count). The first-order valence-electron chi connectivity index (χ1n) is 4.77. The summed E-state index contributed by atoms with van der Waals surface area (Å²) in [6, 6.07) is 10.8. The third-order valence-corrected chi connectivity index (χ3v) is 1.97. The second-order valence-electron chi connectivity index (χ2n) is 3.07. The van der Waals surface area contributed by atoms with Crippen LogP contribution in [-0.2, 0) is 0 Å². The first-order valence-corrected chi connectivity index (χ1v) is 5.15. The molecule has 2 N–H and O–H groups in total. The van der Waals surface area contributed by atoms with Crippen molar-refractivity contribution < 1.29 is 14.4 Å². The van der Waals surface area contributed by atoms with E-state index in [1.165, 1.54) is 18.3 Å². The molecule has 1 aromatic heterocycles. The summed E-state index contributed by atoms with van der Waals surface area (Å²) in [5, 5.41) is 17.5. The van der Waals surface area contributed by atoms with E-state index >= 15 is 0 Å². The van der Waals surface area contributed by atoms with Crippen molar-refractivity contribution in [1.82, 2.24) is 4.98 Å². The molecule has 17 heavy (non-hydrogen) atoms. The Hall–Kier alpha value is -1.43. The first kappa shape index (κ1) is 13.6. The fourth-order valence-electron chi connectivity index (χ4n) is 0.989. The van der Waals surface area contributed by atoms with Crippen molar-refractivity contribution in [2.75, 3.05) is 0 Å². The first-order chi connectivity index (χ1) is 8.09. The molecule has 0 amide bonds. The lowest BCUT2D eigenvalue weighted by Crippen LogP contribution is -2.31. The highest BCUT2D eigenvalue weighted by Gasteiger charge is 2.09. The molecule has 0 aliphatic heterocycles. The highest BCUT2D eigenvalue weighted by Crippen LogP contribution is 2.07. The van der Waals surface area contributed by atoms with Gasteiger partial charge in [0, 0.05) is 11.2 Å². The van der Waals surface area contributed by atoms with Gasteiger partial charge in [0.1, 0.15) is 5.82 Å². The Morgan fingerprint density at radius 3 is 2.24 bits per heavy atom. The molecule has 3 nitrogen and oxygen atoms in total. The van der Waals surface area contributed by atoms with Crippen molar-refractivity contribution in [1.29, 1.82) is 0 Å². The molecule has 1 heterocycles. The predicted octanol–water partition coefficient (Wildman–Crippen LogP) is 1.24. The van der Waals surface area contributed by atoms with Gasteiger partial charge in [-0.1, -0.05) is 23.7 Å². The number of benzene rings is 1. The highest BCUT2D eigenvalue weighted by molar-refractivity contribution is 6.57. The highest BCUT2D eigenvalue weighted by atomic mass is 35.5. The zero-order valence-electron chi connectivity index (χ0n) is 8.79. The quantitative estimate of drug-likeness (QED) is 0.752. The summed E-state index contributed by atoms with van der Waals surface area (Å²) in [5.41, 5.74) is 0.275. The fraction of sp³-hybridized carbons (Fsp3) is 0. The van der Waals surface area contributed by atoms with Crippen LogP contribution in [0.15, 0.2) is 48.7 Å². The molecule has 1 aromatic carbocycles. The lowest BCUT2D eigenvalue weighted by molar-refractivity contribution is 0.424. The monoisotopic (exact) mass is 253 g/mol. The van der Waals surface area contributed by atoms with Crippen LogP contribution in [0.2, 0.25) is 5.02 Å². The van der Waals surface area contributed by atoms with Crippen LogP contribution < -0.4 is 5.59 Å². The van der Waals surface area contributed by atoms with E-state index < -0.39 is 7.12 Å². The van der Waals surface area contributed by atoms with E-state index in [0.717, 1.165) is 0 Å². The minimum atomic E-state index is -1.45. The zero-order chi connectivity index (χ0) is 12.7. The van der Waals surface area contributed by atoms with Crippen molar-refractivity contribution in [2.24, 2.45) is 0 Å². The summed E-state index contributed by atoms with van der Waals surface area (Å²) in [7, 11) is -1.45. The number of hydrogen-bond acceptors (Lipinski definition) is 3. The smallest absolute Gasteiger partial charge is 0.422 e. The van der Waals surface area contributed by atoms with Crippen LogP contribution in [0, 0.1) is 5.82 Å². The Morgan fingerprint density at radius 1 is 1.12 bits per heavy atom. The van der Waals surface area contributed by atoms with E-state index in [9.17, 15) is 4.39 Å². The molecule has 0 aliphatic carbocycles. The van der Waals surface area contributed by atoms with E-state index in [2.05, 4.69) is 4.98 Å². The van der Waals surface area contributed by atoms with Gasteiger partial charge in [-0.2, -0.15) is 0 Å². The van der Waals surface area contributed by atoms with Gasteiger partial charge in [-0.3, -0.25) is 4.98 Å². The number of hydrogen-bond donors (Lipinski definition) is 2. The van der Waals surface area contributed by atoms with Gasteiger partial charge in [0.05, 0.1) is 5.59 Å². The van der Waals surface area contributed by atoms with Crippen molar-refractivity contribution >= 4 is 24.3 Å². The second-order valence-corrected chi connectivity index (χ2v) is 3.50. The topological polar surface area (TPSA) is 53.4 Å². The number of aromatic nitrogens is 1. The molecule has 0 bridgehead atoms. The van der Waals surface area contributed by atoms with Crippen molar-refractivity contribution in [3.05, 3.63) is 59.5 Å². The van der Waals surface area contributed by atoms with Crippen LogP contribution in [0.3, 0.4) is 0 Å². The third-order valence-electron chi connectivity index (χ3n) is 1.74. The summed E-state index contributed by atoms with van der Waals surface area (Å²) in [4.78, 5) is 3.68. The maximum atomic E-state index is 12.1. The maximum Gasteiger partial charge on any atom is 0.508 e. The molecule has 88 valence electrons. The van der Waals surface area contributed by atoms with E-state index in [1.54, 1.807) is 30.3 Å². The van der Waals surface area contributed by atoms with E-state index in [1.807, 2.05) is 0 Å². The Morgan fingerprint density at radius 2 is 1.88 bits per heavy atom. The van der Waals surface area contributed by atoms with Gasteiger partial charge in [0.2, 0.25) is 0 Å². The summed E-state index contributed by atoms with van der Waals surface area (Å²) >= 11 is 5.40. The van der Waals surface area contributed by atoms with Crippen LogP contribution in [0.4, 0.5) is 4.39 Å². The summed E-state index contributed by atoms with van der Waals surface area (Å²) < 4.78 is 12.1. The molecule has 0 fully saturated rings. The number of pyridine rings is 1. The van der Waals surface area contributed by atoms with Gasteiger partial charge >= 0.3 is 7.12 Å². The number of nitrogens with zero attached hydrogens (tertiary/aromatic N) is 1. The van der Waals surface area contributed by atoms with Crippen molar-refractivity contribution in [2.45, 2.75) is 0 Å². The summed E-state index contributed by atoms with van der Waals surface area (Å²) in [6.07, 6.45) is 1.51. The Bertz CT molecular complexity index is 439. The fourth-order valence-corrected chi connectivity index (χ4v) is 1.17. The Labute approximate surface area is 104 Å².